The van der Waals surface area contributed by atoms with Gasteiger partial charge in [-0.2, -0.15) is 0 Å². The number of amides is 2. The number of anilines is 1. The van der Waals surface area contributed by atoms with E-state index in [0.717, 1.165) is 52.4 Å². The van der Waals surface area contributed by atoms with Crippen molar-refractivity contribution in [1.29, 1.82) is 0 Å². The molecule has 3 atom stereocenters. The molecule has 0 aliphatic carbocycles. The van der Waals surface area contributed by atoms with Crippen LogP contribution in [0.1, 0.15) is 68.1 Å². The lowest BCUT2D eigenvalue weighted by molar-refractivity contribution is -0.245. The molecular weight excluding hydrogens is 526 g/mol. The number of ether oxygens (including phenoxy) is 2. The van der Waals surface area contributed by atoms with Crippen LogP contribution in [0.25, 0.3) is 0 Å². The number of carbonyl (C=O) groups excluding carboxylic acids is 2. The number of unbranched alkanes of at least 4 members (excludes halogenated alkanes) is 2. The minimum atomic E-state index is -0.557. The number of aromatic nitrogens is 1. The number of hydrogen-bond acceptors (Lipinski definition) is 7. The zero-order valence-electron chi connectivity index (χ0n) is 22.8. The van der Waals surface area contributed by atoms with Crippen molar-refractivity contribution in [3.8, 4) is 0 Å². The normalized spacial score (nSPS) is 18.7. The van der Waals surface area contributed by atoms with Crippen molar-refractivity contribution >= 4 is 29.3 Å². The first kappa shape index (κ1) is 29.7. The Bertz CT molecular complexity index is 1210. The second kappa shape index (κ2) is 15.5. The Morgan fingerprint density at radius 3 is 2.45 bits per heavy atom. The van der Waals surface area contributed by atoms with E-state index < -0.39 is 6.29 Å². The quantitative estimate of drug-likeness (QED) is 0.185. The minimum absolute atomic E-state index is 0.00235. The number of rotatable bonds is 13. The average Bonchev–Trinajstić information content (AvgIpc) is 2.98. The lowest BCUT2D eigenvalue weighted by atomic mass is 10.0. The number of nitrogens with one attached hydrogen (secondary N) is 2. The Balaban J connectivity index is 1.35. The van der Waals surface area contributed by atoms with Gasteiger partial charge in [0, 0.05) is 49.5 Å². The van der Waals surface area contributed by atoms with Gasteiger partial charge < -0.3 is 25.2 Å². The highest BCUT2D eigenvalue weighted by Crippen LogP contribution is 2.39. The molecule has 1 saturated heterocycles. The maximum Gasteiger partial charge on any atom is 0.224 e. The van der Waals surface area contributed by atoms with E-state index in [4.69, 9.17) is 9.47 Å². The summed E-state index contributed by atoms with van der Waals surface area (Å²) in [6.07, 6.45) is 4.66. The first-order valence-corrected chi connectivity index (χ1v) is 14.7. The molecule has 0 bridgehead atoms. The number of carbonyl (C=O) groups is 2. The molecule has 8 nitrogen and oxygen atoms in total. The number of benzene rings is 2. The van der Waals surface area contributed by atoms with Crippen LogP contribution in [0.4, 0.5) is 5.69 Å². The zero-order chi connectivity index (χ0) is 28.2. The first-order chi connectivity index (χ1) is 19.5. The number of pyridine rings is 1. The topological polar surface area (TPSA) is 110 Å². The molecule has 1 aliphatic heterocycles. The summed E-state index contributed by atoms with van der Waals surface area (Å²) >= 11 is 1.66. The van der Waals surface area contributed by atoms with Crippen LogP contribution in [-0.4, -0.2) is 40.3 Å². The van der Waals surface area contributed by atoms with E-state index in [1.165, 1.54) is 6.92 Å². The number of aliphatic hydroxyl groups excluding tert-OH is 1. The maximum absolute atomic E-state index is 12.4. The Labute approximate surface area is 239 Å². The first-order valence-electron chi connectivity index (χ1n) is 13.7. The molecule has 3 N–H and O–H groups in total. The second-order valence-electron chi connectivity index (χ2n) is 9.79. The van der Waals surface area contributed by atoms with Crippen molar-refractivity contribution in [2.45, 2.75) is 69.2 Å². The van der Waals surface area contributed by atoms with Crippen LogP contribution < -0.4 is 10.6 Å². The molecule has 0 saturated carbocycles. The molecular formula is C31H37N3O5S. The molecule has 3 aromatic rings. The second-order valence-corrected chi connectivity index (χ2v) is 10.8. The highest BCUT2D eigenvalue weighted by atomic mass is 32.2. The minimum Gasteiger partial charge on any atom is -0.392 e. The summed E-state index contributed by atoms with van der Waals surface area (Å²) in [5.41, 5.74) is 3.50. The Morgan fingerprint density at radius 1 is 0.975 bits per heavy atom. The Kier molecular flexibility index (Phi) is 11.5. The largest absolute Gasteiger partial charge is 0.392 e. The van der Waals surface area contributed by atoms with Gasteiger partial charge in [-0.15, -0.1) is 11.8 Å². The predicted octanol–water partition coefficient (Wildman–Crippen LogP) is 5.55. The number of aliphatic hydroxyl groups is 1. The summed E-state index contributed by atoms with van der Waals surface area (Å²) in [5.74, 6) is 0.674. The van der Waals surface area contributed by atoms with Crippen molar-refractivity contribution in [1.82, 2.24) is 10.3 Å². The van der Waals surface area contributed by atoms with Crippen LogP contribution in [0.3, 0.4) is 0 Å². The van der Waals surface area contributed by atoms with E-state index in [2.05, 4.69) is 15.6 Å². The van der Waals surface area contributed by atoms with E-state index >= 15 is 0 Å². The molecule has 2 amide bonds. The SMILES string of the molecule is CC(=O)NCCCCCC(=O)Nc1ccc([C@H]2O[C@@H](CSc3ccccn3)C[C@@H](c3ccc(CO)cc3)O2)cc1. The van der Waals surface area contributed by atoms with Gasteiger partial charge in [-0.1, -0.05) is 48.9 Å². The molecule has 4 rings (SSSR count). The lowest BCUT2D eigenvalue weighted by Crippen LogP contribution is -2.31. The molecule has 2 heterocycles. The fraction of sp³-hybridized carbons (Fsp3) is 0.387. The van der Waals surface area contributed by atoms with Crippen LogP contribution in [0.15, 0.2) is 78.0 Å². The van der Waals surface area contributed by atoms with Crippen LogP contribution in [0.2, 0.25) is 0 Å². The number of thioether (sulfide) groups is 1. The predicted molar refractivity (Wildman–Crippen MR) is 156 cm³/mol. The third kappa shape index (κ3) is 9.45. The highest BCUT2D eigenvalue weighted by Gasteiger charge is 2.32. The highest BCUT2D eigenvalue weighted by molar-refractivity contribution is 7.99. The zero-order valence-corrected chi connectivity index (χ0v) is 23.6. The molecule has 1 aromatic heterocycles. The number of hydrogen-bond donors (Lipinski definition) is 3. The summed E-state index contributed by atoms with van der Waals surface area (Å²) in [6, 6.07) is 21.3. The van der Waals surface area contributed by atoms with Crippen molar-refractivity contribution < 1.29 is 24.2 Å². The molecule has 0 radical (unpaired) electrons. The van der Waals surface area contributed by atoms with Gasteiger partial charge in [0.1, 0.15) is 0 Å². The monoisotopic (exact) mass is 563 g/mol. The van der Waals surface area contributed by atoms with E-state index in [0.29, 0.717) is 19.4 Å². The standard InChI is InChI=1S/C31H37N3O5S/c1-22(36)32-17-5-2-3-7-29(37)34-26-15-13-25(14-16-26)31-38-27(21-40-30-8-4-6-18-33-30)19-28(39-31)24-11-9-23(20-35)10-12-24/h4,6,8-16,18,27-28,31,35H,2-3,5,7,17,19-21H2,1H3,(H,32,36)(H,34,37)/t27-,28+,31+/m1/s1. The Morgan fingerprint density at radius 2 is 1.75 bits per heavy atom. The van der Waals surface area contributed by atoms with Crippen LogP contribution in [0.5, 0.6) is 0 Å². The fourth-order valence-corrected chi connectivity index (χ4v) is 5.31. The lowest BCUT2D eigenvalue weighted by Gasteiger charge is -2.36. The molecule has 2 aromatic carbocycles. The molecule has 1 aliphatic rings. The third-order valence-corrected chi connectivity index (χ3v) is 7.67. The van der Waals surface area contributed by atoms with Gasteiger partial charge in [-0.05, 0) is 48.2 Å². The van der Waals surface area contributed by atoms with Gasteiger partial charge in [-0.3, -0.25) is 9.59 Å². The smallest absolute Gasteiger partial charge is 0.224 e. The molecule has 0 spiro atoms. The van der Waals surface area contributed by atoms with Crippen molar-refractivity contribution in [2.75, 3.05) is 17.6 Å². The van der Waals surface area contributed by atoms with Crippen molar-refractivity contribution in [3.63, 3.8) is 0 Å². The fourth-order valence-electron chi connectivity index (χ4n) is 4.43. The van der Waals surface area contributed by atoms with Gasteiger partial charge in [-0.25, -0.2) is 4.98 Å². The average molecular weight is 564 g/mol. The molecule has 212 valence electrons. The van der Waals surface area contributed by atoms with Gasteiger partial charge >= 0.3 is 0 Å². The van der Waals surface area contributed by atoms with Crippen LogP contribution in [0, 0.1) is 0 Å². The van der Waals surface area contributed by atoms with Crippen molar-refractivity contribution in [3.05, 3.63) is 89.6 Å². The maximum atomic E-state index is 12.4. The van der Waals surface area contributed by atoms with Gasteiger partial charge in [0.2, 0.25) is 11.8 Å². The molecule has 9 heteroatoms. The van der Waals surface area contributed by atoms with E-state index in [1.54, 1.807) is 18.0 Å². The van der Waals surface area contributed by atoms with Crippen LogP contribution in [-0.2, 0) is 25.7 Å². The van der Waals surface area contributed by atoms with E-state index in [1.807, 2.05) is 66.7 Å². The van der Waals surface area contributed by atoms with E-state index in [-0.39, 0.29) is 30.6 Å². The molecule has 40 heavy (non-hydrogen) atoms. The summed E-state index contributed by atoms with van der Waals surface area (Å²) in [7, 11) is 0. The van der Waals surface area contributed by atoms with Crippen LogP contribution >= 0.6 is 11.8 Å². The third-order valence-electron chi connectivity index (χ3n) is 6.59. The molecule has 1 fully saturated rings. The van der Waals surface area contributed by atoms with Gasteiger partial charge in [0.15, 0.2) is 6.29 Å². The number of nitrogens with zero attached hydrogens (tertiary/aromatic N) is 1. The van der Waals surface area contributed by atoms with Gasteiger partial charge in [0.05, 0.1) is 23.8 Å². The van der Waals surface area contributed by atoms with Crippen molar-refractivity contribution in [2.24, 2.45) is 0 Å². The molecule has 0 unspecified atom stereocenters. The van der Waals surface area contributed by atoms with E-state index in [9.17, 15) is 14.7 Å². The summed E-state index contributed by atoms with van der Waals surface area (Å²) in [4.78, 5) is 27.7. The summed E-state index contributed by atoms with van der Waals surface area (Å²) < 4.78 is 12.8. The summed E-state index contributed by atoms with van der Waals surface area (Å²) in [6.45, 7) is 2.14. The Hall–Kier alpha value is -3.24. The van der Waals surface area contributed by atoms with Gasteiger partial charge in [0.25, 0.3) is 0 Å². The summed E-state index contributed by atoms with van der Waals surface area (Å²) in [5, 5.41) is 16.1.